The monoisotopic (exact) mass is 342 g/mol. The molecule has 1 aromatic carbocycles. The van der Waals surface area contributed by atoms with Crippen molar-refractivity contribution in [3.8, 4) is 5.75 Å². The molecule has 0 N–H and O–H groups in total. The number of rotatable bonds is 8. The van der Waals surface area contributed by atoms with E-state index in [9.17, 15) is 0 Å². The van der Waals surface area contributed by atoms with E-state index in [-0.39, 0.29) is 5.41 Å². The van der Waals surface area contributed by atoms with Crippen molar-refractivity contribution in [2.24, 2.45) is 0 Å². The maximum absolute atomic E-state index is 6.38. The number of aryl methyl sites for hydroxylation is 1. The van der Waals surface area contributed by atoms with E-state index in [1.165, 1.54) is 67.2 Å². The number of ether oxygens (including phenoxy) is 1. The van der Waals surface area contributed by atoms with Crippen molar-refractivity contribution in [2.45, 2.75) is 105 Å². The molecule has 2 rings (SSSR count). The maximum Gasteiger partial charge on any atom is 0.134 e. The molecule has 0 atom stereocenters. The van der Waals surface area contributed by atoms with Gasteiger partial charge in [0.1, 0.15) is 11.5 Å². The van der Waals surface area contributed by atoms with E-state index < -0.39 is 0 Å². The van der Waals surface area contributed by atoms with Gasteiger partial charge >= 0.3 is 0 Å². The van der Waals surface area contributed by atoms with Gasteiger partial charge in [-0.2, -0.15) is 0 Å². The lowest BCUT2D eigenvalue weighted by Gasteiger charge is -2.30. The van der Waals surface area contributed by atoms with Crippen LogP contribution < -0.4 is 4.74 Å². The Balaban J connectivity index is 2.10. The first kappa shape index (κ1) is 20.1. The highest BCUT2D eigenvalue weighted by molar-refractivity contribution is 5.52. The Morgan fingerprint density at radius 3 is 2.28 bits per heavy atom. The minimum Gasteiger partial charge on any atom is -0.461 e. The Kier molecular flexibility index (Phi) is 7.16. The third kappa shape index (κ3) is 5.36. The molecular formula is C24H38O. The second-order valence-electron chi connectivity index (χ2n) is 8.69. The highest BCUT2D eigenvalue weighted by Crippen LogP contribution is 2.41. The Morgan fingerprint density at radius 1 is 0.960 bits per heavy atom. The molecule has 0 aliphatic carbocycles. The van der Waals surface area contributed by atoms with Gasteiger partial charge in [-0.05, 0) is 48.3 Å². The summed E-state index contributed by atoms with van der Waals surface area (Å²) in [4.78, 5) is 0. The fraction of sp³-hybridized carbons (Fsp3) is 0.667. The van der Waals surface area contributed by atoms with Crippen molar-refractivity contribution in [1.29, 1.82) is 0 Å². The van der Waals surface area contributed by atoms with Crippen molar-refractivity contribution < 1.29 is 4.74 Å². The van der Waals surface area contributed by atoms with E-state index in [4.69, 9.17) is 4.74 Å². The number of hydrogen-bond acceptors (Lipinski definition) is 1. The van der Waals surface area contributed by atoms with Gasteiger partial charge in [0.25, 0.3) is 0 Å². The van der Waals surface area contributed by atoms with Gasteiger partial charge in [0.15, 0.2) is 0 Å². The van der Waals surface area contributed by atoms with Crippen molar-refractivity contribution in [3.63, 3.8) is 0 Å². The van der Waals surface area contributed by atoms with Gasteiger partial charge in [-0.25, -0.2) is 0 Å². The van der Waals surface area contributed by atoms with Crippen molar-refractivity contribution in [1.82, 2.24) is 0 Å². The molecule has 0 bridgehead atoms. The Bertz CT molecular complexity index is 601. The minimum absolute atomic E-state index is 0.117. The summed E-state index contributed by atoms with van der Waals surface area (Å²) >= 11 is 0. The number of unbranched alkanes of at least 4 members (excludes halogenated alkanes) is 5. The number of allylic oxidation sites excluding steroid dienone is 2. The summed E-state index contributed by atoms with van der Waals surface area (Å²) in [6.45, 7) is 13.6. The lowest BCUT2D eigenvalue weighted by molar-refractivity contribution is 0.382. The molecule has 1 aliphatic rings. The highest BCUT2D eigenvalue weighted by Gasteiger charge is 2.26. The van der Waals surface area contributed by atoms with Gasteiger partial charge < -0.3 is 4.74 Å². The van der Waals surface area contributed by atoms with Gasteiger partial charge in [-0.3, -0.25) is 0 Å². The van der Waals surface area contributed by atoms with Crippen LogP contribution in [0, 0.1) is 0 Å². The molecule has 25 heavy (non-hydrogen) atoms. The Labute approximate surface area is 155 Å². The normalized spacial score (nSPS) is 14.5. The summed E-state index contributed by atoms with van der Waals surface area (Å²) in [5.41, 5.74) is 5.82. The van der Waals surface area contributed by atoms with Crippen LogP contribution in [0.3, 0.4) is 0 Å². The van der Waals surface area contributed by atoms with Crippen LogP contribution >= 0.6 is 0 Å². The van der Waals surface area contributed by atoms with Crippen LogP contribution in [0.2, 0.25) is 0 Å². The first-order valence-electron chi connectivity index (χ1n) is 10.4. The molecule has 0 saturated carbocycles. The average molecular weight is 343 g/mol. The largest absolute Gasteiger partial charge is 0.461 e. The van der Waals surface area contributed by atoms with Crippen LogP contribution in [-0.2, 0) is 18.3 Å². The molecule has 0 saturated heterocycles. The lowest BCUT2D eigenvalue weighted by atomic mass is 9.82. The van der Waals surface area contributed by atoms with Crippen molar-refractivity contribution >= 4 is 0 Å². The van der Waals surface area contributed by atoms with Gasteiger partial charge in [0, 0.05) is 12.0 Å². The van der Waals surface area contributed by atoms with Crippen LogP contribution in [0.1, 0.15) is 103 Å². The fourth-order valence-electron chi connectivity index (χ4n) is 3.73. The second-order valence-corrected chi connectivity index (χ2v) is 8.69. The predicted octanol–water partition coefficient (Wildman–Crippen LogP) is 7.51. The predicted molar refractivity (Wildman–Crippen MR) is 110 cm³/mol. The number of benzene rings is 1. The van der Waals surface area contributed by atoms with Crippen LogP contribution in [0.25, 0.3) is 0 Å². The van der Waals surface area contributed by atoms with Gasteiger partial charge in [-0.15, -0.1) is 0 Å². The summed E-state index contributed by atoms with van der Waals surface area (Å²) < 4.78 is 6.38. The third-order valence-corrected chi connectivity index (χ3v) is 5.43. The molecule has 1 heterocycles. The number of fused-ring (bicyclic) bond motifs is 1. The van der Waals surface area contributed by atoms with E-state index in [1.807, 2.05) is 0 Å². The maximum atomic E-state index is 6.38. The smallest absolute Gasteiger partial charge is 0.134 e. The second kappa shape index (κ2) is 8.92. The minimum atomic E-state index is 0.117. The van der Waals surface area contributed by atoms with Crippen molar-refractivity contribution in [2.75, 3.05) is 0 Å². The van der Waals surface area contributed by atoms with Crippen LogP contribution in [-0.4, -0.2) is 0 Å². The van der Waals surface area contributed by atoms with E-state index in [2.05, 4.69) is 53.7 Å². The molecule has 0 unspecified atom stereocenters. The first-order chi connectivity index (χ1) is 11.9. The molecular weight excluding hydrogens is 304 g/mol. The molecule has 0 amide bonds. The quantitative estimate of drug-likeness (QED) is 0.444. The van der Waals surface area contributed by atoms with Crippen molar-refractivity contribution in [3.05, 3.63) is 40.2 Å². The molecule has 0 radical (unpaired) electrons. The molecule has 1 aliphatic heterocycles. The SMILES string of the molecule is CCCCCCCCC1=C(C)Oc2c(cc(CC)cc2C(C)(C)C)C1. The lowest BCUT2D eigenvalue weighted by Crippen LogP contribution is -2.18. The van der Waals surface area contributed by atoms with Crippen LogP contribution in [0.5, 0.6) is 5.75 Å². The molecule has 0 spiro atoms. The zero-order valence-electron chi connectivity index (χ0n) is 17.4. The van der Waals surface area contributed by atoms with E-state index in [1.54, 1.807) is 0 Å². The molecule has 1 nitrogen and oxygen atoms in total. The van der Waals surface area contributed by atoms with Gasteiger partial charge in [0.2, 0.25) is 0 Å². The van der Waals surface area contributed by atoms with E-state index >= 15 is 0 Å². The highest BCUT2D eigenvalue weighted by atomic mass is 16.5. The van der Waals surface area contributed by atoms with Gasteiger partial charge in [-0.1, -0.05) is 78.9 Å². The first-order valence-corrected chi connectivity index (χ1v) is 10.4. The standard InChI is InChI=1S/C24H38O/c1-7-9-10-11-12-13-14-20-17-21-15-19(8-2)16-22(24(4,5)6)23(21)25-18(20)3/h15-16H,7-14,17H2,1-6H3. The summed E-state index contributed by atoms with van der Waals surface area (Å²) in [5.74, 6) is 2.28. The molecule has 140 valence electrons. The fourth-order valence-corrected chi connectivity index (χ4v) is 3.73. The van der Waals surface area contributed by atoms with E-state index in [0.29, 0.717) is 0 Å². The summed E-state index contributed by atoms with van der Waals surface area (Å²) in [5, 5.41) is 0. The topological polar surface area (TPSA) is 9.23 Å². The summed E-state index contributed by atoms with van der Waals surface area (Å²) in [7, 11) is 0. The molecule has 0 fully saturated rings. The molecule has 1 aromatic rings. The number of hydrogen-bond donors (Lipinski definition) is 0. The van der Waals surface area contributed by atoms with Crippen LogP contribution in [0.15, 0.2) is 23.5 Å². The summed E-state index contributed by atoms with van der Waals surface area (Å²) in [6.07, 6.45) is 11.5. The Hall–Kier alpha value is -1.24. The zero-order valence-corrected chi connectivity index (χ0v) is 17.4. The molecule has 1 heteroatoms. The third-order valence-electron chi connectivity index (χ3n) is 5.43. The zero-order chi connectivity index (χ0) is 18.4. The van der Waals surface area contributed by atoms with Crippen LogP contribution in [0.4, 0.5) is 0 Å². The van der Waals surface area contributed by atoms with E-state index in [0.717, 1.165) is 24.4 Å². The molecule has 0 aromatic heterocycles. The average Bonchev–Trinajstić information content (AvgIpc) is 2.56. The van der Waals surface area contributed by atoms with Gasteiger partial charge in [0.05, 0.1) is 0 Å². The summed E-state index contributed by atoms with van der Waals surface area (Å²) in [6, 6.07) is 4.73. The Morgan fingerprint density at radius 2 is 1.64 bits per heavy atom.